The number of hydrogen-bond acceptors (Lipinski definition) is 2. The molecule has 1 N–H and O–H groups in total. The van der Waals surface area contributed by atoms with Gasteiger partial charge in [-0.2, -0.15) is 0 Å². The standard InChI is InChI=1S/C17H26N2/c1-2-11-19(17-9-10-17)13-15-6-4-3-5-14(15)12-18-16-7-8-16/h3-6,16-18H,2,7-13H2,1H3. The molecule has 2 aliphatic carbocycles. The van der Waals surface area contributed by atoms with E-state index in [9.17, 15) is 0 Å². The molecule has 0 radical (unpaired) electrons. The molecule has 0 aliphatic heterocycles. The maximum Gasteiger partial charge on any atom is 0.0239 e. The van der Waals surface area contributed by atoms with Crippen LogP contribution < -0.4 is 5.32 Å². The Kier molecular flexibility index (Phi) is 4.19. The summed E-state index contributed by atoms with van der Waals surface area (Å²) in [6.45, 7) is 5.72. The van der Waals surface area contributed by atoms with E-state index in [1.807, 2.05) is 0 Å². The molecule has 2 aliphatic rings. The number of rotatable bonds is 8. The minimum Gasteiger partial charge on any atom is -0.310 e. The van der Waals surface area contributed by atoms with Crippen molar-refractivity contribution in [2.45, 2.75) is 64.2 Å². The fraction of sp³-hybridized carbons (Fsp3) is 0.647. The van der Waals surface area contributed by atoms with Gasteiger partial charge < -0.3 is 5.32 Å². The van der Waals surface area contributed by atoms with Gasteiger partial charge in [-0.3, -0.25) is 4.90 Å². The first-order valence-corrected chi connectivity index (χ1v) is 7.91. The Morgan fingerprint density at radius 1 is 1.11 bits per heavy atom. The van der Waals surface area contributed by atoms with E-state index in [1.54, 1.807) is 0 Å². The Bertz CT molecular complexity index is 407. The molecule has 0 unspecified atom stereocenters. The molecule has 0 bridgehead atoms. The van der Waals surface area contributed by atoms with Crippen LogP contribution in [0.5, 0.6) is 0 Å². The number of nitrogens with zero attached hydrogens (tertiary/aromatic N) is 1. The van der Waals surface area contributed by atoms with E-state index < -0.39 is 0 Å². The van der Waals surface area contributed by atoms with Crippen LogP contribution in [0, 0.1) is 0 Å². The molecule has 2 heteroatoms. The van der Waals surface area contributed by atoms with Crippen molar-refractivity contribution in [3.63, 3.8) is 0 Å². The van der Waals surface area contributed by atoms with Crippen LogP contribution in [-0.2, 0) is 13.1 Å². The van der Waals surface area contributed by atoms with Crippen LogP contribution >= 0.6 is 0 Å². The molecule has 0 heterocycles. The first kappa shape index (κ1) is 13.1. The molecule has 3 rings (SSSR count). The van der Waals surface area contributed by atoms with Crippen molar-refractivity contribution < 1.29 is 0 Å². The summed E-state index contributed by atoms with van der Waals surface area (Å²) in [5.41, 5.74) is 3.02. The van der Waals surface area contributed by atoms with E-state index in [4.69, 9.17) is 0 Å². The first-order chi connectivity index (χ1) is 9.36. The van der Waals surface area contributed by atoms with Crippen molar-refractivity contribution in [3.8, 4) is 0 Å². The van der Waals surface area contributed by atoms with Gasteiger partial charge in [0.15, 0.2) is 0 Å². The van der Waals surface area contributed by atoms with Crippen LogP contribution in [0.1, 0.15) is 50.2 Å². The van der Waals surface area contributed by atoms with Crippen molar-refractivity contribution >= 4 is 0 Å². The highest BCUT2D eigenvalue weighted by atomic mass is 15.2. The van der Waals surface area contributed by atoms with Gasteiger partial charge in [0.1, 0.15) is 0 Å². The van der Waals surface area contributed by atoms with Crippen molar-refractivity contribution in [2.24, 2.45) is 0 Å². The second-order valence-corrected chi connectivity index (χ2v) is 6.13. The quantitative estimate of drug-likeness (QED) is 0.769. The molecule has 2 fully saturated rings. The number of hydrogen-bond donors (Lipinski definition) is 1. The average Bonchev–Trinajstić information content (AvgIpc) is 3.30. The summed E-state index contributed by atoms with van der Waals surface area (Å²) in [6.07, 6.45) is 6.81. The zero-order valence-corrected chi connectivity index (χ0v) is 12.1. The maximum absolute atomic E-state index is 3.64. The summed E-state index contributed by atoms with van der Waals surface area (Å²) in [5, 5.41) is 3.64. The SMILES string of the molecule is CCCN(Cc1ccccc1CNC1CC1)C1CC1. The van der Waals surface area contributed by atoms with E-state index in [0.29, 0.717) is 0 Å². The molecule has 1 aromatic carbocycles. The predicted octanol–water partition coefficient (Wildman–Crippen LogP) is 3.31. The second kappa shape index (κ2) is 6.06. The normalized spacial score (nSPS) is 19.1. The molecule has 0 atom stereocenters. The molecule has 0 aromatic heterocycles. The van der Waals surface area contributed by atoms with E-state index >= 15 is 0 Å². The Balaban J connectivity index is 1.63. The molecule has 0 spiro atoms. The Labute approximate surface area is 117 Å². The molecule has 0 amide bonds. The van der Waals surface area contributed by atoms with Gasteiger partial charge in [0.05, 0.1) is 0 Å². The van der Waals surface area contributed by atoms with Crippen LogP contribution in [0.15, 0.2) is 24.3 Å². The van der Waals surface area contributed by atoms with E-state index in [0.717, 1.165) is 25.2 Å². The molecule has 19 heavy (non-hydrogen) atoms. The molecule has 2 saturated carbocycles. The Morgan fingerprint density at radius 2 is 1.84 bits per heavy atom. The van der Waals surface area contributed by atoms with Crippen LogP contribution in [0.4, 0.5) is 0 Å². The summed E-state index contributed by atoms with van der Waals surface area (Å²) in [7, 11) is 0. The zero-order valence-electron chi connectivity index (χ0n) is 12.1. The second-order valence-electron chi connectivity index (χ2n) is 6.13. The predicted molar refractivity (Wildman–Crippen MR) is 80.0 cm³/mol. The highest BCUT2D eigenvalue weighted by Crippen LogP contribution is 2.29. The summed E-state index contributed by atoms with van der Waals surface area (Å²) >= 11 is 0. The minimum atomic E-state index is 0.795. The third-order valence-corrected chi connectivity index (χ3v) is 4.22. The van der Waals surface area contributed by atoms with Crippen molar-refractivity contribution in [3.05, 3.63) is 35.4 Å². The summed E-state index contributed by atoms with van der Waals surface area (Å²) in [4.78, 5) is 2.68. The lowest BCUT2D eigenvalue weighted by Crippen LogP contribution is -2.27. The van der Waals surface area contributed by atoms with Gasteiger partial charge >= 0.3 is 0 Å². The van der Waals surface area contributed by atoms with E-state index in [1.165, 1.54) is 49.8 Å². The van der Waals surface area contributed by atoms with Gasteiger partial charge in [-0.1, -0.05) is 31.2 Å². The molecule has 104 valence electrons. The van der Waals surface area contributed by atoms with Crippen LogP contribution in [0.25, 0.3) is 0 Å². The summed E-state index contributed by atoms with van der Waals surface area (Å²) < 4.78 is 0. The van der Waals surface area contributed by atoms with Gasteiger partial charge in [-0.15, -0.1) is 0 Å². The summed E-state index contributed by atoms with van der Waals surface area (Å²) in [6, 6.07) is 10.6. The monoisotopic (exact) mass is 258 g/mol. The molecular weight excluding hydrogens is 232 g/mol. The molecule has 2 nitrogen and oxygen atoms in total. The Morgan fingerprint density at radius 3 is 2.47 bits per heavy atom. The zero-order chi connectivity index (χ0) is 13.1. The maximum atomic E-state index is 3.64. The topological polar surface area (TPSA) is 15.3 Å². The van der Waals surface area contributed by atoms with Crippen molar-refractivity contribution in [2.75, 3.05) is 6.54 Å². The van der Waals surface area contributed by atoms with Crippen LogP contribution in [0.2, 0.25) is 0 Å². The highest BCUT2D eigenvalue weighted by Gasteiger charge is 2.28. The molecule has 1 aromatic rings. The van der Waals surface area contributed by atoms with E-state index in [-0.39, 0.29) is 0 Å². The third kappa shape index (κ3) is 3.80. The minimum absolute atomic E-state index is 0.795. The lowest BCUT2D eigenvalue weighted by molar-refractivity contribution is 0.254. The fourth-order valence-corrected chi connectivity index (χ4v) is 2.76. The first-order valence-electron chi connectivity index (χ1n) is 7.91. The van der Waals surface area contributed by atoms with Gasteiger partial charge in [0, 0.05) is 25.2 Å². The smallest absolute Gasteiger partial charge is 0.0239 e. The van der Waals surface area contributed by atoms with Gasteiger partial charge in [0.2, 0.25) is 0 Å². The summed E-state index contributed by atoms with van der Waals surface area (Å²) in [5.74, 6) is 0. The highest BCUT2D eigenvalue weighted by molar-refractivity contribution is 5.27. The number of nitrogens with one attached hydrogen (secondary N) is 1. The third-order valence-electron chi connectivity index (χ3n) is 4.22. The van der Waals surface area contributed by atoms with Crippen molar-refractivity contribution in [1.29, 1.82) is 0 Å². The van der Waals surface area contributed by atoms with Crippen molar-refractivity contribution in [1.82, 2.24) is 10.2 Å². The average molecular weight is 258 g/mol. The van der Waals surface area contributed by atoms with E-state index in [2.05, 4.69) is 41.4 Å². The lowest BCUT2D eigenvalue weighted by Gasteiger charge is -2.23. The number of benzene rings is 1. The fourth-order valence-electron chi connectivity index (χ4n) is 2.76. The van der Waals surface area contributed by atoms with Gasteiger partial charge in [-0.05, 0) is 49.8 Å². The lowest BCUT2D eigenvalue weighted by atomic mass is 10.1. The largest absolute Gasteiger partial charge is 0.310 e. The molecular formula is C17H26N2. The Hall–Kier alpha value is -0.860. The van der Waals surface area contributed by atoms with Gasteiger partial charge in [-0.25, -0.2) is 0 Å². The molecule has 0 saturated heterocycles. The van der Waals surface area contributed by atoms with Crippen LogP contribution in [-0.4, -0.2) is 23.5 Å². The van der Waals surface area contributed by atoms with Gasteiger partial charge in [0.25, 0.3) is 0 Å². The van der Waals surface area contributed by atoms with Crippen LogP contribution in [0.3, 0.4) is 0 Å².